The van der Waals surface area contributed by atoms with Gasteiger partial charge < -0.3 is 5.84 Å². The van der Waals surface area contributed by atoms with Crippen molar-refractivity contribution in [2.45, 2.75) is 11.3 Å². The molecule has 0 amide bonds. The Hall–Kier alpha value is -0.850. The zero-order valence-electron chi connectivity index (χ0n) is 5.13. The molecule has 0 saturated carbocycles. The molecule has 0 aliphatic rings. The Kier molecular flexibility index (Phi) is 1.75. The Labute approximate surface area is 65.4 Å². The average Bonchev–Trinajstić information content (AvgIpc) is 2.11. The SMILES string of the molecule is Nn1cc(C(F)(F)F)nc1S. The van der Waals surface area contributed by atoms with E-state index in [0.29, 0.717) is 10.9 Å². The minimum absolute atomic E-state index is 0.169. The van der Waals surface area contributed by atoms with Gasteiger partial charge in [0.2, 0.25) is 0 Å². The van der Waals surface area contributed by atoms with Gasteiger partial charge in [-0.1, -0.05) is 0 Å². The van der Waals surface area contributed by atoms with E-state index in [0.717, 1.165) is 0 Å². The standard InChI is InChI=1S/C4H4F3N3S/c5-4(6,7)2-1-10(8)3(11)9-2/h1H,8H2,(H,9,11). The maximum atomic E-state index is 11.8. The van der Waals surface area contributed by atoms with Crippen LogP contribution in [0.25, 0.3) is 0 Å². The monoisotopic (exact) mass is 183 g/mol. The first-order valence-electron chi connectivity index (χ1n) is 2.52. The first kappa shape index (κ1) is 8.25. The summed E-state index contributed by atoms with van der Waals surface area (Å²) in [5, 5.41) is -0.169. The summed E-state index contributed by atoms with van der Waals surface area (Å²) in [6.07, 6.45) is -3.79. The van der Waals surface area contributed by atoms with Gasteiger partial charge in [-0.3, -0.25) is 0 Å². The van der Waals surface area contributed by atoms with E-state index in [-0.39, 0.29) is 5.16 Å². The van der Waals surface area contributed by atoms with Gasteiger partial charge in [-0.15, -0.1) is 12.6 Å². The lowest BCUT2D eigenvalue weighted by Crippen LogP contribution is -2.07. The summed E-state index contributed by atoms with van der Waals surface area (Å²) in [6, 6.07) is 0. The Morgan fingerprint density at radius 2 is 2.09 bits per heavy atom. The molecular formula is C4H4F3N3S. The summed E-state index contributed by atoms with van der Waals surface area (Å²) >= 11 is 3.58. The number of imidazole rings is 1. The molecule has 1 rings (SSSR count). The van der Waals surface area contributed by atoms with E-state index in [4.69, 9.17) is 5.84 Å². The minimum Gasteiger partial charge on any atom is -0.337 e. The second-order valence-corrected chi connectivity index (χ2v) is 2.23. The van der Waals surface area contributed by atoms with E-state index >= 15 is 0 Å². The summed E-state index contributed by atoms with van der Waals surface area (Å²) in [4.78, 5) is 3.06. The third-order valence-electron chi connectivity index (χ3n) is 1.00. The fourth-order valence-corrected chi connectivity index (χ4v) is 0.686. The van der Waals surface area contributed by atoms with Gasteiger partial charge in [0.15, 0.2) is 10.9 Å². The molecular weight excluding hydrogens is 179 g/mol. The van der Waals surface area contributed by atoms with Crippen molar-refractivity contribution in [1.29, 1.82) is 0 Å². The van der Waals surface area contributed by atoms with E-state index < -0.39 is 11.9 Å². The lowest BCUT2D eigenvalue weighted by Gasteiger charge is -1.98. The van der Waals surface area contributed by atoms with Crippen LogP contribution in [0.4, 0.5) is 13.2 Å². The molecule has 0 atom stereocenters. The molecule has 7 heteroatoms. The average molecular weight is 183 g/mol. The summed E-state index contributed by atoms with van der Waals surface area (Å²) in [5.41, 5.74) is -1.04. The zero-order chi connectivity index (χ0) is 8.65. The lowest BCUT2D eigenvalue weighted by atomic mass is 10.5. The highest BCUT2D eigenvalue weighted by Crippen LogP contribution is 2.28. The Balaban J connectivity index is 3.08. The minimum atomic E-state index is -4.46. The van der Waals surface area contributed by atoms with Crippen LogP contribution in [0, 0.1) is 0 Å². The smallest absolute Gasteiger partial charge is 0.337 e. The number of rotatable bonds is 0. The first-order valence-corrected chi connectivity index (χ1v) is 2.96. The molecule has 11 heavy (non-hydrogen) atoms. The number of nitrogens with two attached hydrogens (primary N) is 1. The molecule has 3 nitrogen and oxygen atoms in total. The number of hydrogen-bond acceptors (Lipinski definition) is 3. The predicted octanol–water partition coefficient (Wildman–Crippen LogP) is 0.904. The van der Waals surface area contributed by atoms with Gasteiger partial charge in [0, 0.05) is 0 Å². The van der Waals surface area contributed by atoms with Crippen LogP contribution < -0.4 is 5.84 Å². The van der Waals surface area contributed by atoms with Crippen molar-refractivity contribution in [2.24, 2.45) is 0 Å². The molecule has 62 valence electrons. The van der Waals surface area contributed by atoms with Crippen LogP contribution in [0.5, 0.6) is 0 Å². The van der Waals surface area contributed by atoms with E-state index in [1.807, 2.05) is 0 Å². The second kappa shape index (κ2) is 2.33. The van der Waals surface area contributed by atoms with Crippen LogP contribution >= 0.6 is 12.6 Å². The van der Waals surface area contributed by atoms with Gasteiger partial charge >= 0.3 is 6.18 Å². The van der Waals surface area contributed by atoms with Crippen molar-refractivity contribution < 1.29 is 13.2 Å². The second-order valence-electron chi connectivity index (χ2n) is 1.83. The highest BCUT2D eigenvalue weighted by atomic mass is 32.1. The predicted molar refractivity (Wildman–Crippen MR) is 34.6 cm³/mol. The van der Waals surface area contributed by atoms with Crippen molar-refractivity contribution in [1.82, 2.24) is 9.66 Å². The summed E-state index contributed by atoms with van der Waals surface area (Å²) in [6.45, 7) is 0. The Morgan fingerprint density at radius 3 is 2.27 bits per heavy atom. The van der Waals surface area contributed by atoms with Gasteiger partial charge in [-0.05, 0) is 0 Å². The van der Waals surface area contributed by atoms with Crippen LogP contribution in [-0.4, -0.2) is 9.66 Å². The van der Waals surface area contributed by atoms with E-state index in [1.54, 1.807) is 0 Å². The molecule has 0 radical (unpaired) electrons. The van der Waals surface area contributed by atoms with Gasteiger partial charge in [0.1, 0.15) is 0 Å². The van der Waals surface area contributed by atoms with Crippen LogP contribution in [0.2, 0.25) is 0 Å². The highest BCUT2D eigenvalue weighted by molar-refractivity contribution is 7.80. The molecule has 0 bridgehead atoms. The molecule has 0 saturated heterocycles. The van der Waals surface area contributed by atoms with Crippen LogP contribution in [-0.2, 0) is 6.18 Å². The molecule has 0 spiro atoms. The number of alkyl halides is 3. The van der Waals surface area contributed by atoms with E-state index in [1.165, 1.54) is 0 Å². The number of halogens is 3. The fourth-order valence-electron chi connectivity index (χ4n) is 0.520. The van der Waals surface area contributed by atoms with Crippen LogP contribution in [0.3, 0.4) is 0 Å². The van der Waals surface area contributed by atoms with Gasteiger partial charge in [0.05, 0.1) is 6.20 Å². The van der Waals surface area contributed by atoms with Crippen molar-refractivity contribution in [3.8, 4) is 0 Å². The molecule has 1 aromatic rings. The van der Waals surface area contributed by atoms with Crippen molar-refractivity contribution in [3.63, 3.8) is 0 Å². The van der Waals surface area contributed by atoms with Crippen molar-refractivity contribution >= 4 is 12.6 Å². The number of nitrogen functional groups attached to an aromatic ring is 1. The first-order chi connectivity index (χ1) is 4.91. The normalized spacial score (nSPS) is 12.0. The van der Waals surface area contributed by atoms with Gasteiger partial charge in [-0.2, -0.15) is 13.2 Å². The molecule has 1 heterocycles. The fraction of sp³-hybridized carbons (Fsp3) is 0.250. The zero-order valence-corrected chi connectivity index (χ0v) is 6.02. The molecule has 0 aromatic carbocycles. The largest absolute Gasteiger partial charge is 0.434 e. The molecule has 0 fully saturated rings. The summed E-state index contributed by atoms with van der Waals surface area (Å²) in [7, 11) is 0. The molecule has 0 aliphatic carbocycles. The summed E-state index contributed by atoms with van der Waals surface area (Å²) < 4.78 is 36.1. The lowest BCUT2D eigenvalue weighted by molar-refractivity contribution is -0.141. The maximum Gasteiger partial charge on any atom is 0.434 e. The quantitative estimate of drug-likeness (QED) is 0.463. The van der Waals surface area contributed by atoms with Crippen molar-refractivity contribution in [2.75, 3.05) is 5.84 Å². The molecule has 0 unspecified atom stereocenters. The molecule has 1 aromatic heterocycles. The highest BCUT2D eigenvalue weighted by Gasteiger charge is 2.34. The van der Waals surface area contributed by atoms with Crippen molar-refractivity contribution in [3.05, 3.63) is 11.9 Å². The third-order valence-corrected chi connectivity index (χ3v) is 1.33. The number of hydrogen-bond donors (Lipinski definition) is 2. The van der Waals surface area contributed by atoms with E-state index in [9.17, 15) is 13.2 Å². The topological polar surface area (TPSA) is 43.8 Å². The van der Waals surface area contributed by atoms with E-state index in [2.05, 4.69) is 17.6 Å². The number of aromatic nitrogens is 2. The van der Waals surface area contributed by atoms with Crippen LogP contribution in [0.15, 0.2) is 11.4 Å². The molecule has 2 N–H and O–H groups in total. The van der Waals surface area contributed by atoms with Crippen LogP contribution in [0.1, 0.15) is 5.69 Å². The number of thiol groups is 1. The summed E-state index contributed by atoms with van der Waals surface area (Å²) in [5.74, 6) is 5.02. The third kappa shape index (κ3) is 1.59. The molecule has 0 aliphatic heterocycles. The Morgan fingerprint density at radius 1 is 1.55 bits per heavy atom. The Bertz CT molecular complexity index is 247. The number of nitrogens with zero attached hydrogens (tertiary/aromatic N) is 2. The maximum absolute atomic E-state index is 11.8. The van der Waals surface area contributed by atoms with Gasteiger partial charge in [0.25, 0.3) is 0 Å². The van der Waals surface area contributed by atoms with Gasteiger partial charge in [-0.25, -0.2) is 9.66 Å².